The van der Waals surface area contributed by atoms with E-state index in [0.29, 0.717) is 5.75 Å². The molecule has 1 fully saturated rings. The Morgan fingerprint density at radius 3 is 2.20 bits per heavy atom. The maximum Gasteiger partial charge on any atom is 0.269 e. The number of nitro groups is 1. The van der Waals surface area contributed by atoms with Gasteiger partial charge in [-0.05, 0) is 12.1 Å². The van der Waals surface area contributed by atoms with Gasteiger partial charge in [-0.1, -0.05) is 0 Å². The first-order chi connectivity index (χ1) is 12.0. The van der Waals surface area contributed by atoms with Crippen molar-refractivity contribution >= 4 is 43.1 Å². The van der Waals surface area contributed by atoms with E-state index in [-0.39, 0.29) is 12.2 Å². The summed E-state index contributed by atoms with van der Waals surface area (Å²) in [7, 11) is 10.4. The molecule has 0 bridgehead atoms. The van der Waals surface area contributed by atoms with Gasteiger partial charge >= 0.3 is 0 Å². The van der Waals surface area contributed by atoms with Gasteiger partial charge in [0, 0.05) is 47.1 Å². The lowest BCUT2D eigenvalue weighted by molar-refractivity contribution is -0.384. The quantitative estimate of drug-likeness (QED) is 0.359. The van der Waals surface area contributed by atoms with E-state index in [1.54, 1.807) is 0 Å². The Balaban J connectivity index is 2.21. The second kappa shape index (κ2) is 10.1. The van der Waals surface area contributed by atoms with E-state index in [2.05, 4.69) is 42.2 Å². The molecule has 0 spiro atoms. The number of ether oxygens (including phenoxy) is 2. The van der Waals surface area contributed by atoms with Crippen LogP contribution >= 0.6 is 37.4 Å². The Hall–Kier alpha value is -0.350. The average Bonchev–Trinajstić information content (AvgIpc) is 2.61. The van der Waals surface area contributed by atoms with Gasteiger partial charge in [0.2, 0.25) is 6.29 Å². The lowest BCUT2D eigenvalue weighted by Crippen LogP contribution is -2.60. The van der Waals surface area contributed by atoms with Crippen molar-refractivity contribution in [3.05, 3.63) is 34.4 Å². The van der Waals surface area contributed by atoms with Gasteiger partial charge in [-0.15, -0.1) is 0 Å². The molecule has 1 aromatic carbocycles. The molecule has 9 nitrogen and oxygen atoms in total. The lowest BCUT2D eigenvalue weighted by Gasteiger charge is -2.44. The molecule has 0 saturated carbocycles. The van der Waals surface area contributed by atoms with Crippen LogP contribution < -0.4 is 4.74 Å². The smallest absolute Gasteiger partial charge is 0.269 e. The van der Waals surface area contributed by atoms with E-state index in [4.69, 9.17) is 23.0 Å². The summed E-state index contributed by atoms with van der Waals surface area (Å²) in [5.41, 5.74) is -0.0369. The molecular weight excluding hydrogens is 408 g/mol. The number of hydrogen-bond donors (Lipinski definition) is 0. The largest absolute Gasteiger partial charge is 0.610 e. The van der Waals surface area contributed by atoms with Crippen molar-refractivity contribution < 1.29 is 28.0 Å². The van der Waals surface area contributed by atoms with Gasteiger partial charge in [-0.25, -0.2) is 0 Å². The molecule has 2 rings (SSSR count). The highest BCUT2D eigenvalue weighted by Gasteiger charge is 2.48. The molecule has 8 unspecified atom stereocenters. The maximum absolute atomic E-state index is 10.7. The topological polar surface area (TPSA) is 102 Å². The first-order valence-corrected chi connectivity index (χ1v) is 8.81. The van der Waals surface area contributed by atoms with Crippen LogP contribution in [0.15, 0.2) is 29.0 Å². The number of rotatable bonds is 8. The van der Waals surface area contributed by atoms with Gasteiger partial charge in [0.05, 0.1) is 4.92 Å². The highest BCUT2D eigenvalue weighted by Crippen LogP contribution is 2.33. The first kappa shape index (κ1) is 21.0. The molecule has 25 heavy (non-hydrogen) atoms. The van der Waals surface area contributed by atoms with E-state index in [1.165, 1.54) is 24.3 Å². The Labute approximate surface area is 153 Å². The van der Waals surface area contributed by atoms with Gasteiger partial charge in [0.1, 0.15) is 24.1 Å². The Morgan fingerprint density at radius 1 is 1.12 bits per heavy atom. The van der Waals surface area contributed by atoms with E-state index >= 15 is 0 Å². The van der Waals surface area contributed by atoms with E-state index < -0.39 is 35.6 Å². The molecule has 1 aliphatic rings. The number of nitrogens with zero attached hydrogens (tertiary/aromatic N) is 2. The van der Waals surface area contributed by atoms with Crippen molar-refractivity contribution in [2.75, 3.05) is 6.54 Å². The standard InChI is InChI=1S/C12H17N2O7P4/c15-14(16)6-1-3-7(4-2-6)17-12-11(21-25)10(20-24)9(19-23)8(18-12)5-13-22/h1-4,8-12H,5,23-25H2/q-1. The molecule has 1 heterocycles. The molecule has 1 aromatic rings. The fourth-order valence-electron chi connectivity index (χ4n) is 2.44. The van der Waals surface area contributed by atoms with Crippen LogP contribution in [-0.2, 0) is 18.3 Å². The zero-order valence-corrected chi connectivity index (χ0v) is 17.2. The van der Waals surface area contributed by atoms with Crippen LogP contribution in [0.1, 0.15) is 0 Å². The van der Waals surface area contributed by atoms with E-state index in [1.807, 2.05) is 0 Å². The summed E-state index contributed by atoms with van der Waals surface area (Å²) in [6, 6.07) is 5.64. The van der Waals surface area contributed by atoms with Crippen molar-refractivity contribution in [2.45, 2.75) is 30.7 Å². The zero-order valence-electron chi connectivity index (χ0n) is 12.8. The Bertz CT molecular complexity index is 593. The molecule has 0 radical (unpaired) electrons. The number of hydrogen-bond acceptors (Lipinski definition) is 8. The molecule has 13 heteroatoms. The fourth-order valence-corrected chi connectivity index (χ4v) is 3.53. The third-order valence-corrected chi connectivity index (χ3v) is 4.73. The minimum atomic E-state index is -0.846. The van der Waals surface area contributed by atoms with Crippen molar-refractivity contribution in [3.8, 4) is 5.75 Å². The van der Waals surface area contributed by atoms with Crippen LogP contribution in [-0.4, -0.2) is 42.2 Å². The molecule has 138 valence electrons. The molecule has 1 saturated heterocycles. The number of nitro benzene ring substituents is 1. The third-order valence-electron chi connectivity index (χ3n) is 3.62. The molecule has 0 aromatic heterocycles. The Kier molecular flexibility index (Phi) is 8.47. The summed E-state index contributed by atoms with van der Waals surface area (Å²) in [5.74, 6) is 0.386. The molecule has 1 aliphatic heterocycles. The summed E-state index contributed by atoms with van der Waals surface area (Å²) in [6.45, 7) is 0.246. The van der Waals surface area contributed by atoms with Crippen molar-refractivity contribution in [1.29, 1.82) is 0 Å². The SMILES string of the molecule is O=[N+]([O-])c1ccc(OC2OC(CN=[P-])C(OP)C(OP)C2OP)cc1. The normalized spacial score (nSPS) is 29.2. The summed E-state index contributed by atoms with van der Waals surface area (Å²) in [5, 5.41) is 10.7. The van der Waals surface area contributed by atoms with Gasteiger partial charge in [0.25, 0.3) is 5.69 Å². The van der Waals surface area contributed by atoms with Crippen molar-refractivity contribution in [2.24, 2.45) is 4.74 Å². The van der Waals surface area contributed by atoms with Gasteiger partial charge in [-0.2, -0.15) is 0 Å². The van der Waals surface area contributed by atoms with Crippen molar-refractivity contribution in [1.82, 2.24) is 0 Å². The number of benzene rings is 1. The lowest BCUT2D eigenvalue weighted by atomic mass is 9.99. The minimum absolute atomic E-state index is 0.0369. The van der Waals surface area contributed by atoms with E-state index in [9.17, 15) is 10.1 Å². The summed E-state index contributed by atoms with van der Waals surface area (Å²) < 4.78 is 31.6. The predicted octanol–water partition coefficient (Wildman–Crippen LogP) is 2.82. The average molecular weight is 425 g/mol. The highest BCUT2D eigenvalue weighted by atomic mass is 31.0. The Morgan fingerprint density at radius 2 is 1.72 bits per heavy atom. The first-order valence-electron chi connectivity index (χ1n) is 6.99. The van der Waals surface area contributed by atoms with Gasteiger partial charge < -0.3 is 36.8 Å². The highest BCUT2D eigenvalue weighted by molar-refractivity contribution is 7.10. The van der Waals surface area contributed by atoms with Crippen LogP contribution in [0, 0.1) is 10.1 Å². The summed E-state index contributed by atoms with van der Waals surface area (Å²) in [4.78, 5) is 10.2. The maximum atomic E-state index is 10.7. The third kappa shape index (κ3) is 5.09. The molecule has 0 amide bonds. The monoisotopic (exact) mass is 425 g/mol. The summed E-state index contributed by atoms with van der Waals surface area (Å²) >= 11 is 0. The molecule has 0 N–H and O–H groups in total. The van der Waals surface area contributed by atoms with Crippen LogP contribution in [0.2, 0.25) is 0 Å². The second-order valence-electron chi connectivity index (χ2n) is 5.04. The molecule has 0 aliphatic carbocycles. The zero-order chi connectivity index (χ0) is 18.4. The molecular formula is C12H17N2O7P4-. The number of non-ortho nitro benzene ring substituents is 1. The van der Waals surface area contributed by atoms with Crippen LogP contribution in [0.3, 0.4) is 0 Å². The van der Waals surface area contributed by atoms with Crippen LogP contribution in [0.5, 0.6) is 5.75 Å². The van der Waals surface area contributed by atoms with Crippen LogP contribution in [0.4, 0.5) is 5.69 Å². The minimum Gasteiger partial charge on any atom is -0.610 e. The van der Waals surface area contributed by atoms with Gasteiger partial charge in [-0.3, -0.25) is 10.1 Å². The van der Waals surface area contributed by atoms with Crippen molar-refractivity contribution in [3.63, 3.8) is 0 Å². The predicted molar refractivity (Wildman–Crippen MR) is 100 cm³/mol. The second-order valence-corrected chi connectivity index (χ2v) is 6.14. The van der Waals surface area contributed by atoms with E-state index in [0.717, 1.165) is 0 Å². The summed E-state index contributed by atoms with van der Waals surface area (Å²) in [6.07, 6.45) is -2.99. The van der Waals surface area contributed by atoms with Gasteiger partial charge in [0.15, 0.2) is 6.10 Å². The molecule has 8 atom stereocenters. The van der Waals surface area contributed by atoms with Crippen LogP contribution in [0.25, 0.3) is 0 Å². The fraction of sp³-hybridized carbons (Fsp3) is 0.500.